The van der Waals surface area contributed by atoms with E-state index < -0.39 is 73.7 Å². The van der Waals surface area contributed by atoms with Crippen LogP contribution in [0.25, 0.3) is 0 Å². The first-order valence-corrected chi connectivity index (χ1v) is 20.4. The van der Waals surface area contributed by atoms with Crippen molar-refractivity contribution in [2.24, 2.45) is 22.7 Å². The molecule has 2 heterocycles. The van der Waals surface area contributed by atoms with Crippen molar-refractivity contribution in [1.29, 1.82) is 0 Å². The molecule has 5 aliphatic rings. The van der Waals surface area contributed by atoms with E-state index in [4.69, 9.17) is 0 Å². The Balaban J connectivity index is 1.34. The third-order valence-electron chi connectivity index (χ3n) is 12.1. The van der Waals surface area contributed by atoms with Crippen LogP contribution in [-0.4, -0.2) is 90.1 Å². The Morgan fingerprint density at radius 1 is 0.918 bits per heavy atom. The predicted molar refractivity (Wildman–Crippen MR) is 186 cm³/mol. The fourth-order valence-electron chi connectivity index (χ4n) is 8.88. The zero-order chi connectivity index (χ0) is 35.9. The Hall–Kier alpha value is -2.70. The van der Waals surface area contributed by atoms with Crippen molar-refractivity contribution in [3.8, 4) is 0 Å². The van der Waals surface area contributed by atoms with Crippen molar-refractivity contribution in [3.63, 3.8) is 0 Å². The second kappa shape index (κ2) is 14.1. The first-order valence-electron chi connectivity index (χ1n) is 18.7. The fraction of sp³-hybridized carbons (Fsp3) is 0.861. The first kappa shape index (κ1) is 37.6. The summed E-state index contributed by atoms with van der Waals surface area (Å²) in [7, 11) is -3.38. The van der Waals surface area contributed by atoms with Gasteiger partial charge in [0, 0.05) is 12.6 Å². The number of hydrogen-bond donors (Lipinski definition) is 4. The van der Waals surface area contributed by atoms with Gasteiger partial charge in [-0.05, 0) is 67.6 Å². The molecule has 0 spiro atoms. The number of hydrogen-bond acceptors (Lipinski definition) is 7. The summed E-state index contributed by atoms with van der Waals surface area (Å²) in [5, 5.41) is 11.0. The molecule has 0 unspecified atom stereocenters. The molecule has 4 N–H and O–H groups in total. The first-order chi connectivity index (χ1) is 22.9. The van der Waals surface area contributed by atoms with Crippen LogP contribution >= 0.6 is 0 Å². The van der Waals surface area contributed by atoms with Crippen molar-refractivity contribution in [2.75, 3.05) is 12.3 Å². The topological polar surface area (TPSA) is 171 Å². The molecule has 5 fully saturated rings. The summed E-state index contributed by atoms with van der Waals surface area (Å²) in [5.41, 5.74) is -1.82. The van der Waals surface area contributed by atoms with E-state index in [0.29, 0.717) is 45.1 Å². The number of fused-ring (bicyclic) bond motifs is 1. The van der Waals surface area contributed by atoms with E-state index in [9.17, 15) is 32.4 Å². The van der Waals surface area contributed by atoms with E-state index in [1.54, 1.807) is 4.90 Å². The number of likely N-dealkylation sites (tertiary alicyclic amines) is 1. The van der Waals surface area contributed by atoms with Crippen LogP contribution in [0.4, 0.5) is 4.79 Å². The van der Waals surface area contributed by atoms with Crippen molar-refractivity contribution in [1.82, 2.24) is 26.2 Å². The molecule has 12 nitrogen and oxygen atoms in total. The number of nitrogens with zero attached hydrogens (tertiary/aromatic N) is 1. The molecule has 2 saturated heterocycles. The molecule has 2 aliphatic heterocycles. The quantitative estimate of drug-likeness (QED) is 0.226. The summed E-state index contributed by atoms with van der Waals surface area (Å²) in [6, 6.07) is -3.42. The summed E-state index contributed by atoms with van der Waals surface area (Å²) in [4.78, 5) is 69.9. The van der Waals surface area contributed by atoms with Gasteiger partial charge in [-0.2, -0.15) is 0 Å². The summed E-state index contributed by atoms with van der Waals surface area (Å²) >= 11 is 0. The van der Waals surface area contributed by atoms with Crippen molar-refractivity contribution in [2.45, 2.75) is 160 Å². The van der Waals surface area contributed by atoms with Gasteiger partial charge in [0.2, 0.25) is 17.6 Å². The van der Waals surface area contributed by atoms with E-state index in [-0.39, 0.29) is 29.0 Å². The molecule has 49 heavy (non-hydrogen) atoms. The summed E-state index contributed by atoms with van der Waals surface area (Å²) in [5.74, 6) is -2.13. The molecule has 3 saturated carbocycles. The second-order valence-corrected chi connectivity index (χ2v) is 19.5. The summed E-state index contributed by atoms with van der Waals surface area (Å²) < 4.78 is 26.5. The van der Waals surface area contributed by atoms with Gasteiger partial charge < -0.3 is 26.2 Å². The summed E-state index contributed by atoms with van der Waals surface area (Å²) in [6.45, 7) is 12.0. The van der Waals surface area contributed by atoms with Gasteiger partial charge in [0.25, 0.3) is 5.91 Å². The van der Waals surface area contributed by atoms with Gasteiger partial charge in [-0.1, -0.05) is 80.1 Å². The number of sulfone groups is 1. The lowest BCUT2D eigenvalue weighted by Crippen LogP contribution is -2.66. The predicted octanol–water partition coefficient (Wildman–Crippen LogP) is 3.38. The van der Waals surface area contributed by atoms with Crippen molar-refractivity contribution < 1.29 is 32.4 Å². The standard InChI is InChI=1S/C36H59N5O7S/c1-7-8-14-24(28(42)31(44)37-22-16-17-22)38-30(43)27-26-23(35(26,5)6)21-41(27)32(45)29(34(2,3)4)39-33(46)40-36(18-11-9-12-19-36)25-15-10-13-20-49(25,47)48/h22-27,29H,7-21H2,1-6H3,(H,37,44)(H,38,43)(H2,39,40,46)/t23-,24+,25-,26-,27+,29-/m1/s1. The Labute approximate surface area is 292 Å². The van der Waals surface area contributed by atoms with Gasteiger partial charge in [-0.25, -0.2) is 13.2 Å². The highest BCUT2D eigenvalue weighted by atomic mass is 32.2. The van der Waals surface area contributed by atoms with E-state index in [0.717, 1.165) is 44.9 Å². The van der Waals surface area contributed by atoms with Crippen LogP contribution in [0.3, 0.4) is 0 Å². The summed E-state index contributed by atoms with van der Waals surface area (Å²) in [6.07, 6.45) is 9.13. The van der Waals surface area contributed by atoms with E-state index in [1.165, 1.54) is 0 Å². The van der Waals surface area contributed by atoms with Crippen LogP contribution in [0.1, 0.15) is 125 Å². The van der Waals surface area contributed by atoms with Crippen molar-refractivity contribution >= 4 is 39.4 Å². The lowest BCUT2D eigenvalue weighted by Gasteiger charge is -2.45. The zero-order valence-electron chi connectivity index (χ0n) is 30.4. The Bertz CT molecular complexity index is 1410. The molecule has 5 rings (SSSR count). The molecule has 0 aromatic rings. The second-order valence-electron chi connectivity index (χ2n) is 17.2. The molecule has 0 aromatic carbocycles. The molecule has 276 valence electrons. The molecule has 6 atom stereocenters. The van der Waals surface area contributed by atoms with Crippen molar-refractivity contribution in [3.05, 3.63) is 0 Å². The van der Waals surface area contributed by atoms with E-state index in [1.807, 2.05) is 27.7 Å². The van der Waals surface area contributed by atoms with Crippen LogP contribution in [0.2, 0.25) is 0 Å². The third-order valence-corrected chi connectivity index (χ3v) is 14.5. The molecule has 0 radical (unpaired) electrons. The van der Waals surface area contributed by atoms with Gasteiger partial charge in [-0.15, -0.1) is 0 Å². The average Bonchev–Trinajstić information content (AvgIpc) is 3.88. The van der Waals surface area contributed by atoms with Gasteiger partial charge in [0.05, 0.1) is 22.6 Å². The minimum Gasteiger partial charge on any atom is -0.347 e. The Morgan fingerprint density at radius 3 is 2.18 bits per heavy atom. The fourth-order valence-corrected chi connectivity index (χ4v) is 11.3. The normalized spacial score (nSPS) is 29.5. The lowest BCUT2D eigenvalue weighted by molar-refractivity contribution is -0.145. The highest BCUT2D eigenvalue weighted by Gasteiger charge is 2.70. The minimum absolute atomic E-state index is 0.00837. The monoisotopic (exact) mass is 705 g/mol. The highest BCUT2D eigenvalue weighted by molar-refractivity contribution is 7.92. The molecule has 0 bridgehead atoms. The van der Waals surface area contributed by atoms with Crippen LogP contribution in [0.15, 0.2) is 0 Å². The number of Topliss-reactive ketones (excluding diaryl/α,β-unsaturated/α-hetero) is 1. The maximum atomic E-state index is 14.5. The van der Waals surface area contributed by atoms with Crippen LogP contribution < -0.4 is 21.3 Å². The number of unbranched alkanes of at least 4 members (excludes halogenated alkanes) is 1. The number of rotatable bonds is 12. The number of carbonyl (C=O) groups is 5. The molecular formula is C36H59N5O7S. The third kappa shape index (κ3) is 7.96. The molecule has 3 aliphatic carbocycles. The largest absolute Gasteiger partial charge is 0.347 e. The number of amides is 5. The van der Waals surface area contributed by atoms with Crippen LogP contribution in [0, 0.1) is 22.7 Å². The number of nitrogens with one attached hydrogen (secondary N) is 4. The van der Waals surface area contributed by atoms with E-state index in [2.05, 4.69) is 35.1 Å². The molecule has 13 heteroatoms. The molecule has 5 amide bonds. The maximum absolute atomic E-state index is 14.5. The van der Waals surface area contributed by atoms with Gasteiger partial charge in [0.15, 0.2) is 9.84 Å². The average molecular weight is 706 g/mol. The number of urea groups is 1. The highest BCUT2D eigenvalue weighted by Crippen LogP contribution is 2.65. The maximum Gasteiger partial charge on any atom is 0.315 e. The Kier molecular flexibility index (Phi) is 10.8. The Morgan fingerprint density at radius 2 is 1.59 bits per heavy atom. The number of piperidine rings is 1. The van der Waals surface area contributed by atoms with E-state index >= 15 is 0 Å². The van der Waals surface area contributed by atoms with Gasteiger partial charge >= 0.3 is 6.03 Å². The lowest BCUT2D eigenvalue weighted by atomic mass is 9.77. The molecule has 0 aromatic heterocycles. The SMILES string of the molecule is CCCC[C@H](NC(=O)[C@@H]1[C@H]2[C@@H](CN1C(=O)[C@@H](NC(=O)NC1([C@H]3CCCCS3(=O)=O)CCCCC1)C(C)(C)C)C2(C)C)C(=O)C(=O)NC1CC1. The zero-order valence-corrected chi connectivity index (χ0v) is 31.2. The molecular weight excluding hydrogens is 646 g/mol. The van der Waals surface area contributed by atoms with Gasteiger partial charge in [0.1, 0.15) is 12.1 Å². The van der Waals surface area contributed by atoms with Crippen LogP contribution in [-0.2, 0) is 29.0 Å². The smallest absolute Gasteiger partial charge is 0.315 e. The number of carbonyl (C=O) groups excluding carboxylic acids is 5. The minimum atomic E-state index is -3.38. The van der Waals surface area contributed by atoms with Gasteiger partial charge in [-0.3, -0.25) is 19.2 Å². The van der Waals surface area contributed by atoms with Crippen LogP contribution in [0.5, 0.6) is 0 Å². The number of ketones is 1.